The predicted octanol–water partition coefficient (Wildman–Crippen LogP) is 0.978. The Morgan fingerprint density at radius 2 is 2.07 bits per heavy atom. The van der Waals surface area contributed by atoms with E-state index in [9.17, 15) is 0 Å². The minimum absolute atomic E-state index is 0.0466. The molecular formula is C11H16N2O2. The van der Waals surface area contributed by atoms with E-state index >= 15 is 0 Å². The molecular weight excluding hydrogens is 192 g/mol. The van der Waals surface area contributed by atoms with E-state index in [1.807, 2.05) is 6.92 Å². The number of ether oxygens (including phenoxy) is 1. The van der Waals surface area contributed by atoms with Gasteiger partial charge in [0, 0.05) is 18.1 Å². The molecule has 4 heteroatoms. The first kappa shape index (κ1) is 11.5. The topological polar surface area (TPSA) is 79.3 Å². The molecule has 0 heterocycles. The van der Waals surface area contributed by atoms with E-state index in [1.54, 1.807) is 24.3 Å². The van der Waals surface area contributed by atoms with Crippen LogP contribution in [0, 0.1) is 11.3 Å². The minimum Gasteiger partial charge on any atom is -0.493 e. The highest BCUT2D eigenvalue weighted by Crippen LogP contribution is 2.12. The van der Waals surface area contributed by atoms with Gasteiger partial charge in [-0.3, -0.25) is 5.41 Å². The van der Waals surface area contributed by atoms with Crippen LogP contribution in [0.15, 0.2) is 24.3 Å². The van der Waals surface area contributed by atoms with Gasteiger partial charge < -0.3 is 15.6 Å². The summed E-state index contributed by atoms with van der Waals surface area (Å²) in [6.45, 7) is 2.51. The summed E-state index contributed by atoms with van der Waals surface area (Å²) < 4.78 is 5.42. The van der Waals surface area contributed by atoms with Crippen molar-refractivity contribution in [1.29, 1.82) is 5.41 Å². The molecule has 0 radical (unpaired) electrons. The molecule has 0 saturated heterocycles. The van der Waals surface area contributed by atoms with Gasteiger partial charge in [-0.25, -0.2) is 0 Å². The van der Waals surface area contributed by atoms with Crippen molar-refractivity contribution in [2.75, 3.05) is 13.2 Å². The van der Waals surface area contributed by atoms with E-state index in [4.69, 9.17) is 21.0 Å². The molecule has 4 N–H and O–H groups in total. The lowest BCUT2D eigenvalue weighted by Gasteiger charge is -2.10. The molecule has 0 bridgehead atoms. The number of hydrogen-bond donors (Lipinski definition) is 3. The zero-order valence-electron chi connectivity index (χ0n) is 8.73. The number of nitrogens with one attached hydrogen (secondary N) is 1. The molecule has 0 aliphatic carbocycles. The molecule has 4 nitrogen and oxygen atoms in total. The maximum absolute atomic E-state index is 8.81. The molecule has 82 valence electrons. The van der Waals surface area contributed by atoms with Crippen LogP contribution in [-0.4, -0.2) is 24.2 Å². The van der Waals surface area contributed by atoms with Crippen LogP contribution in [0.1, 0.15) is 12.5 Å². The first-order valence-electron chi connectivity index (χ1n) is 4.81. The maximum atomic E-state index is 8.81. The number of aliphatic hydroxyl groups is 1. The Kier molecular flexibility index (Phi) is 4.12. The fourth-order valence-electron chi connectivity index (χ4n) is 1.02. The number of aliphatic hydroxyl groups excluding tert-OH is 1. The second kappa shape index (κ2) is 5.36. The van der Waals surface area contributed by atoms with Crippen molar-refractivity contribution in [1.82, 2.24) is 0 Å². The van der Waals surface area contributed by atoms with Crippen molar-refractivity contribution < 1.29 is 9.84 Å². The van der Waals surface area contributed by atoms with Gasteiger partial charge in [-0.15, -0.1) is 0 Å². The quantitative estimate of drug-likeness (QED) is 0.498. The minimum atomic E-state index is 0.0466. The molecule has 1 aromatic rings. The van der Waals surface area contributed by atoms with Gasteiger partial charge in [0.1, 0.15) is 11.6 Å². The summed E-state index contributed by atoms with van der Waals surface area (Å²) in [6, 6.07) is 7.00. The number of benzene rings is 1. The molecule has 0 aliphatic heterocycles. The zero-order chi connectivity index (χ0) is 11.3. The van der Waals surface area contributed by atoms with Gasteiger partial charge in [-0.2, -0.15) is 0 Å². The predicted molar refractivity (Wildman–Crippen MR) is 59.2 cm³/mol. The standard InChI is InChI=1S/C11H16N2O2/c1-8(6-14)7-15-10-4-2-9(3-5-10)11(12)13/h2-5,8,14H,6-7H2,1H3,(H3,12,13). The van der Waals surface area contributed by atoms with Crippen LogP contribution in [-0.2, 0) is 0 Å². The molecule has 15 heavy (non-hydrogen) atoms. The van der Waals surface area contributed by atoms with Crippen LogP contribution < -0.4 is 10.5 Å². The van der Waals surface area contributed by atoms with Crippen LogP contribution in [0.2, 0.25) is 0 Å². The number of amidine groups is 1. The Morgan fingerprint density at radius 3 is 2.53 bits per heavy atom. The molecule has 0 fully saturated rings. The normalized spacial score (nSPS) is 12.1. The summed E-state index contributed by atoms with van der Waals surface area (Å²) in [5.74, 6) is 0.892. The Morgan fingerprint density at radius 1 is 1.47 bits per heavy atom. The first-order valence-corrected chi connectivity index (χ1v) is 4.81. The van der Waals surface area contributed by atoms with Crippen molar-refractivity contribution >= 4 is 5.84 Å². The van der Waals surface area contributed by atoms with Crippen LogP contribution in [0.4, 0.5) is 0 Å². The number of hydrogen-bond acceptors (Lipinski definition) is 3. The van der Waals surface area contributed by atoms with Gasteiger partial charge in [0.15, 0.2) is 0 Å². The summed E-state index contributed by atoms with van der Waals surface area (Å²) in [7, 11) is 0. The zero-order valence-corrected chi connectivity index (χ0v) is 8.73. The lowest BCUT2D eigenvalue weighted by molar-refractivity contribution is 0.174. The van der Waals surface area contributed by atoms with Crippen molar-refractivity contribution in [2.24, 2.45) is 11.7 Å². The van der Waals surface area contributed by atoms with Crippen LogP contribution >= 0.6 is 0 Å². The molecule has 1 unspecified atom stereocenters. The Labute approximate surface area is 89.2 Å². The lowest BCUT2D eigenvalue weighted by atomic mass is 10.2. The third-order valence-electron chi connectivity index (χ3n) is 2.01. The molecule has 0 aliphatic rings. The molecule has 0 amide bonds. The van der Waals surface area contributed by atoms with E-state index in [2.05, 4.69) is 0 Å². The van der Waals surface area contributed by atoms with Crippen LogP contribution in [0.3, 0.4) is 0 Å². The SMILES string of the molecule is CC(CO)COc1ccc(C(=N)N)cc1. The summed E-state index contributed by atoms with van der Waals surface area (Å²) in [5.41, 5.74) is 6.00. The molecule has 0 aromatic heterocycles. The number of rotatable bonds is 5. The van der Waals surface area contributed by atoms with E-state index in [1.165, 1.54) is 0 Å². The van der Waals surface area contributed by atoms with Gasteiger partial charge in [-0.05, 0) is 24.3 Å². The average Bonchev–Trinajstić information content (AvgIpc) is 2.26. The van der Waals surface area contributed by atoms with E-state index < -0.39 is 0 Å². The molecule has 1 rings (SSSR count). The summed E-state index contributed by atoms with van der Waals surface area (Å²) in [4.78, 5) is 0. The molecule has 0 spiro atoms. The van der Waals surface area contributed by atoms with Crippen LogP contribution in [0.5, 0.6) is 5.75 Å². The maximum Gasteiger partial charge on any atom is 0.122 e. The van der Waals surface area contributed by atoms with Gasteiger partial charge in [0.25, 0.3) is 0 Å². The Hall–Kier alpha value is -1.55. The van der Waals surface area contributed by atoms with Crippen molar-refractivity contribution in [3.8, 4) is 5.75 Å². The molecule has 1 aromatic carbocycles. The fraction of sp³-hybridized carbons (Fsp3) is 0.364. The molecule has 0 saturated carbocycles. The number of nitrogen functional groups attached to an aromatic ring is 1. The third-order valence-corrected chi connectivity index (χ3v) is 2.01. The fourth-order valence-corrected chi connectivity index (χ4v) is 1.02. The number of nitrogens with two attached hydrogens (primary N) is 1. The molecule has 1 atom stereocenters. The Balaban J connectivity index is 2.53. The van der Waals surface area contributed by atoms with E-state index in [0.29, 0.717) is 12.2 Å². The monoisotopic (exact) mass is 208 g/mol. The second-order valence-corrected chi connectivity index (χ2v) is 3.54. The lowest BCUT2D eigenvalue weighted by Crippen LogP contribution is -2.13. The summed E-state index contributed by atoms with van der Waals surface area (Å²) >= 11 is 0. The van der Waals surface area contributed by atoms with E-state index in [-0.39, 0.29) is 18.4 Å². The van der Waals surface area contributed by atoms with Gasteiger partial charge in [0.05, 0.1) is 6.61 Å². The van der Waals surface area contributed by atoms with Gasteiger partial charge >= 0.3 is 0 Å². The first-order chi connectivity index (χ1) is 7.13. The van der Waals surface area contributed by atoms with E-state index in [0.717, 1.165) is 5.75 Å². The average molecular weight is 208 g/mol. The largest absolute Gasteiger partial charge is 0.493 e. The highest BCUT2D eigenvalue weighted by Gasteiger charge is 2.01. The Bertz CT molecular complexity index is 322. The highest BCUT2D eigenvalue weighted by molar-refractivity contribution is 5.94. The second-order valence-electron chi connectivity index (χ2n) is 3.54. The van der Waals surface area contributed by atoms with Crippen molar-refractivity contribution in [3.63, 3.8) is 0 Å². The summed E-state index contributed by atoms with van der Waals surface area (Å²) in [5, 5.41) is 16.0. The third kappa shape index (κ3) is 3.59. The van der Waals surface area contributed by atoms with Crippen molar-refractivity contribution in [2.45, 2.75) is 6.92 Å². The smallest absolute Gasteiger partial charge is 0.122 e. The van der Waals surface area contributed by atoms with Gasteiger partial charge in [-0.1, -0.05) is 6.92 Å². The van der Waals surface area contributed by atoms with Gasteiger partial charge in [0.2, 0.25) is 0 Å². The van der Waals surface area contributed by atoms with Crippen LogP contribution in [0.25, 0.3) is 0 Å². The van der Waals surface area contributed by atoms with Crippen molar-refractivity contribution in [3.05, 3.63) is 29.8 Å². The highest BCUT2D eigenvalue weighted by atomic mass is 16.5. The summed E-state index contributed by atoms with van der Waals surface area (Å²) in [6.07, 6.45) is 0.